The number of nitrogens with zero attached hydrogens (tertiary/aromatic N) is 1. The maximum atomic E-state index is 12.4. The van der Waals surface area contributed by atoms with Crippen molar-refractivity contribution in [1.29, 1.82) is 0 Å². The summed E-state index contributed by atoms with van der Waals surface area (Å²) in [6.45, 7) is 4.32. The Bertz CT molecular complexity index is 783. The molecule has 0 unspecified atom stereocenters. The molecule has 3 rings (SSSR count). The lowest BCUT2D eigenvalue weighted by Gasteiger charge is -2.20. The van der Waals surface area contributed by atoms with Crippen LogP contribution in [0.25, 0.3) is 0 Å². The van der Waals surface area contributed by atoms with E-state index in [1.54, 1.807) is 20.3 Å². The summed E-state index contributed by atoms with van der Waals surface area (Å²) in [6.07, 6.45) is 2.75. The molecule has 0 saturated carbocycles. The minimum Gasteiger partial charge on any atom is -0.497 e. The molecule has 5 nitrogen and oxygen atoms in total. The van der Waals surface area contributed by atoms with Gasteiger partial charge in [0.15, 0.2) is 0 Å². The van der Waals surface area contributed by atoms with Gasteiger partial charge in [-0.25, -0.2) is 0 Å². The number of benzene rings is 2. The number of methoxy groups -OCH3 is 2. The van der Waals surface area contributed by atoms with Crippen LogP contribution in [0.2, 0.25) is 0 Å². The maximum Gasteiger partial charge on any atom is 0.228 e. The number of rotatable bonds is 6. The molecule has 1 fully saturated rings. The molecule has 1 amide bonds. The van der Waals surface area contributed by atoms with E-state index in [1.165, 1.54) is 24.1 Å². The lowest BCUT2D eigenvalue weighted by Crippen LogP contribution is -2.19. The molecule has 26 heavy (non-hydrogen) atoms. The van der Waals surface area contributed by atoms with Crippen molar-refractivity contribution in [2.75, 3.05) is 37.5 Å². The summed E-state index contributed by atoms with van der Waals surface area (Å²) in [6, 6.07) is 11.6. The third-order valence-corrected chi connectivity index (χ3v) is 4.77. The molecule has 0 aliphatic carbocycles. The second kappa shape index (κ2) is 8.13. The Morgan fingerprint density at radius 2 is 1.85 bits per heavy atom. The summed E-state index contributed by atoms with van der Waals surface area (Å²) < 4.78 is 10.6. The van der Waals surface area contributed by atoms with Gasteiger partial charge in [0, 0.05) is 36.1 Å². The Morgan fingerprint density at radius 1 is 1.08 bits per heavy atom. The Labute approximate surface area is 154 Å². The zero-order valence-electron chi connectivity index (χ0n) is 15.7. The zero-order chi connectivity index (χ0) is 18.5. The van der Waals surface area contributed by atoms with Crippen LogP contribution in [0, 0.1) is 6.92 Å². The normalized spacial score (nSPS) is 13.6. The first-order valence-electron chi connectivity index (χ1n) is 8.97. The van der Waals surface area contributed by atoms with E-state index >= 15 is 0 Å². The molecule has 0 aromatic heterocycles. The van der Waals surface area contributed by atoms with E-state index in [2.05, 4.69) is 23.2 Å². The molecule has 138 valence electrons. The summed E-state index contributed by atoms with van der Waals surface area (Å²) >= 11 is 0. The van der Waals surface area contributed by atoms with Crippen molar-refractivity contribution in [1.82, 2.24) is 0 Å². The second-order valence-electron chi connectivity index (χ2n) is 6.60. The lowest BCUT2D eigenvalue weighted by atomic mass is 10.1. The molecule has 1 aliphatic rings. The average Bonchev–Trinajstić information content (AvgIpc) is 3.16. The van der Waals surface area contributed by atoms with Gasteiger partial charge in [0.25, 0.3) is 0 Å². The second-order valence-corrected chi connectivity index (χ2v) is 6.60. The fourth-order valence-corrected chi connectivity index (χ4v) is 3.42. The zero-order valence-corrected chi connectivity index (χ0v) is 15.7. The van der Waals surface area contributed by atoms with Gasteiger partial charge in [-0.3, -0.25) is 4.79 Å². The first-order valence-corrected chi connectivity index (χ1v) is 8.97. The van der Waals surface area contributed by atoms with Crippen molar-refractivity contribution in [3.63, 3.8) is 0 Å². The fraction of sp³-hybridized carbons (Fsp3) is 0.381. The highest BCUT2D eigenvalue weighted by molar-refractivity contribution is 5.93. The monoisotopic (exact) mass is 354 g/mol. The molecule has 0 atom stereocenters. The highest BCUT2D eigenvalue weighted by Crippen LogP contribution is 2.28. The maximum absolute atomic E-state index is 12.4. The number of hydrogen-bond acceptors (Lipinski definition) is 4. The van der Waals surface area contributed by atoms with Gasteiger partial charge in [-0.15, -0.1) is 0 Å². The quantitative estimate of drug-likeness (QED) is 0.857. The minimum absolute atomic E-state index is 0.0678. The summed E-state index contributed by atoms with van der Waals surface area (Å²) in [5, 5.41) is 2.98. The topological polar surface area (TPSA) is 50.8 Å². The number of carbonyl (C=O) groups excluding carboxylic acids is 1. The number of hydrogen-bond donors (Lipinski definition) is 1. The van der Waals surface area contributed by atoms with Crippen molar-refractivity contribution in [2.45, 2.75) is 26.2 Å². The molecule has 1 aliphatic heterocycles. The van der Waals surface area contributed by atoms with Crippen molar-refractivity contribution < 1.29 is 14.3 Å². The van der Waals surface area contributed by atoms with Gasteiger partial charge in [0.05, 0.1) is 20.6 Å². The molecule has 1 N–H and O–H groups in total. The van der Waals surface area contributed by atoms with Crippen LogP contribution in [0.5, 0.6) is 11.5 Å². The molecule has 0 radical (unpaired) electrons. The van der Waals surface area contributed by atoms with E-state index in [-0.39, 0.29) is 12.3 Å². The molecule has 1 saturated heterocycles. The first kappa shape index (κ1) is 18.1. The number of amides is 1. The SMILES string of the molecule is COc1ccc(CC(=O)Nc2ccc(N3CCCC3)c(C)c2)c(OC)c1. The molecule has 1 heterocycles. The first-order chi connectivity index (χ1) is 12.6. The Hall–Kier alpha value is -2.69. The highest BCUT2D eigenvalue weighted by atomic mass is 16.5. The third kappa shape index (κ3) is 4.10. The van der Waals surface area contributed by atoms with Crippen LogP contribution < -0.4 is 19.7 Å². The van der Waals surface area contributed by atoms with E-state index in [0.717, 1.165) is 24.3 Å². The molecular weight excluding hydrogens is 328 g/mol. The van der Waals surface area contributed by atoms with E-state index in [9.17, 15) is 4.79 Å². The van der Waals surface area contributed by atoms with Crippen LogP contribution in [0.15, 0.2) is 36.4 Å². The van der Waals surface area contributed by atoms with Gasteiger partial charge in [-0.2, -0.15) is 0 Å². The third-order valence-electron chi connectivity index (χ3n) is 4.77. The minimum atomic E-state index is -0.0678. The number of nitrogens with one attached hydrogen (secondary N) is 1. The van der Waals surface area contributed by atoms with E-state index in [0.29, 0.717) is 11.5 Å². The van der Waals surface area contributed by atoms with Crippen LogP contribution in [-0.4, -0.2) is 33.2 Å². The molecule has 2 aromatic carbocycles. The number of carbonyl (C=O) groups is 1. The highest BCUT2D eigenvalue weighted by Gasteiger charge is 2.15. The molecule has 0 spiro atoms. The van der Waals surface area contributed by atoms with Crippen molar-refractivity contribution in [3.8, 4) is 11.5 Å². The summed E-state index contributed by atoms with van der Waals surface area (Å²) in [4.78, 5) is 14.9. The average molecular weight is 354 g/mol. The number of aryl methyl sites for hydroxylation is 1. The van der Waals surface area contributed by atoms with Crippen molar-refractivity contribution in [2.24, 2.45) is 0 Å². The standard InChI is InChI=1S/C21H26N2O3/c1-15-12-17(7-9-19(15)23-10-4-5-11-23)22-21(24)13-16-6-8-18(25-2)14-20(16)26-3/h6-9,12,14H,4-5,10-11,13H2,1-3H3,(H,22,24). The Kier molecular flexibility index (Phi) is 5.66. The van der Waals surface area contributed by atoms with E-state index in [1.807, 2.05) is 24.3 Å². The van der Waals surface area contributed by atoms with Crippen LogP contribution >= 0.6 is 0 Å². The molecule has 5 heteroatoms. The van der Waals surface area contributed by atoms with Crippen molar-refractivity contribution >= 4 is 17.3 Å². The van der Waals surface area contributed by atoms with Gasteiger partial charge in [-0.05, 0) is 49.6 Å². The van der Waals surface area contributed by atoms with Gasteiger partial charge in [0.2, 0.25) is 5.91 Å². The van der Waals surface area contributed by atoms with Crippen LogP contribution in [0.4, 0.5) is 11.4 Å². The largest absolute Gasteiger partial charge is 0.497 e. The lowest BCUT2D eigenvalue weighted by molar-refractivity contribution is -0.115. The van der Waals surface area contributed by atoms with Crippen LogP contribution in [0.3, 0.4) is 0 Å². The van der Waals surface area contributed by atoms with Gasteiger partial charge >= 0.3 is 0 Å². The Balaban J connectivity index is 1.67. The molecular formula is C21H26N2O3. The van der Waals surface area contributed by atoms with Gasteiger partial charge < -0.3 is 19.7 Å². The molecule has 2 aromatic rings. The number of anilines is 2. The summed E-state index contributed by atoms with van der Waals surface area (Å²) in [7, 11) is 3.20. The fourth-order valence-electron chi connectivity index (χ4n) is 3.42. The van der Waals surface area contributed by atoms with E-state index in [4.69, 9.17) is 9.47 Å². The van der Waals surface area contributed by atoms with Gasteiger partial charge in [0.1, 0.15) is 11.5 Å². The predicted molar refractivity (Wildman–Crippen MR) is 105 cm³/mol. The molecule has 0 bridgehead atoms. The van der Waals surface area contributed by atoms with Crippen LogP contribution in [-0.2, 0) is 11.2 Å². The van der Waals surface area contributed by atoms with E-state index < -0.39 is 0 Å². The van der Waals surface area contributed by atoms with Crippen molar-refractivity contribution in [3.05, 3.63) is 47.5 Å². The summed E-state index contributed by atoms with van der Waals surface area (Å²) in [5.74, 6) is 1.29. The van der Waals surface area contributed by atoms with Gasteiger partial charge in [-0.1, -0.05) is 6.07 Å². The summed E-state index contributed by atoms with van der Waals surface area (Å²) in [5.41, 5.74) is 4.10. The van der Waals surface area contributed by atoms with Crippen LogP contribution in [0.1, 0.15) is 24.0 Å². The predicted octanol–water partition coefficient (Wildman–Crippen LogP) is 3.79. The number of ether oxygens (including phenoxy) is 2. The Morgan fingerprint density at radius 3 is 2.50 bits per heavy atom. The smallest absolute Gasteiger partial charge is 0.228 e.